The number of halogens is 1. The van der Waals surface area contributed by atoms with Gasteiger partial charge in [0.2, 0.25) is 5.91 Å². The molecule has 6 nitrogen and oxygen atoms in total. The molecule has 0 radical (unpaired) electrons. The van der Waals surface area contributed by atoms with Gasteiger partial charge in [0.15, 0.2) is 0 Å². The van der Waals surface area contributed by atoms with E-state index in [0.717, 1.165) is 0 Å². The Morgan fingerprint density at radius 1 is 1.26 bits per heavy atom. The number of carbonyl (C=O) groups is 2. The third-order valence-electron chi connectivity index (χ3n) is 3.08. The van der Waals surface area contributed by atoms with Crippen LogP contribution in [0, 0.1) is 0 Å². The van der Waals surface area contributed by atoms with Crippen LogP contribution in [0.3, 0.4) is 0 Å². The van der Waals surface area contributed by atoms with Crippen molar-refractivity contribution in [1.29, 1.82) is 0 Å². The highest BCUT2D eigenvalue weighted by Crippen LogP contribution is 2.15. The van der Waals surface area contributed by atoms with Gasteiger partial charge >= 0.3 is 0 Å². The van der Waals surface area contributed by atoms with Crippen molar-refractivity contribution in [2.75, 3.05) is 32.7 Å². The van der Waals surface area contributed by atoms with E-state index in [1.165, 1.54) is 6.20 Å². The number of amides is 2. The molecule has 0 bridgehead atoms. The van der Waals surface area contributed by atoms with Crippen LogP contribution in [0.15, 0.2) is 18.3 Å². The van der Waals surface area contributed by atoms with E-state index in [9.17, 15) is 9.59 Å². The average molecular weight is 283 g/mol. The Morgan fingerprint density at radius 3 is 2.47 bits per heavy atom. The van der Waals surface area contributed by atoms with E-state index in [-0.39, 0.29) is 23.5 Å². The summed E-state index contributed by atoms with van der Waals surface area (Å²) in [5, 5.41) is 0.202. The topological polar surface area (TPSA) is 79.5 Å². The Morgan fingerprint density at radius 2 is 1.89 bits per heavy atom. The highest BCUT2D eigenvalue weighted by Gasteiger charge is 2.25. The predicted molar refractivity (Wildman–Crippen MR) is 70.8 cm³/mol. The molecule has 1 aromatic rings. The summed E-state index contributed by atoms with van der Waals surface area (Å²) in [5.74, 6) is -0.246. The molecule has 0 saturated carbocycles. The van der Waals surface area contributed by atoms with Crippen molar-refractivity contribution in [2.24, 2.45) is 5.73 Å². The van der Waals surface area contributed by atoms with E-state index in [1.54, 1.807) is 21.9 Å². The first-order valence-corrected chi connectivity index (χ1v) is 6.39. The minimum absolute atomic E-state index is 0.00236. The molecule has 1 aromatic heterocycles. The summed E-state index contributed by atoms with van der Waals surface area (Å²) in [6.45, 7) is 1.97. The fourth-order valence-electron chi connectivity index (χ4n) is 2.00. The first-order valence-electron chi connectivity index (χ1n) is 6.01. The van der Waals surface area contributed by atoms with E-state index in [4.69, 9.17) is 17.3 Å². The van der Waals surface area contributed by atoms with Crippen LogP contribution in [0.25, 0.3) is 0 Å². The first kappa shape index (κ1) is 13.8. The molecule has 1 aliphatic heterocycles. The average Bonchev–Trinajstić information content (AvgIpc) is 2.46. The van der Waals surface area contributed by atoms with Gasteiger partial charge in [0.25, 0.3) is 5.91 Å². The number of hydrogen-bond donors (Lipinski definition) is 1. The lowest BCUT2D eigenvalue weighted by Gasteiger charge is -2.34. The van der Waals surface area contributed by atoms with Crippen molar-refractivity contribution < 1.29 is 9.59 Å². The van der Waals surface area contributed by atoms with Crippen molar-refractivity contribution in [3.05, 3.63) is 29.0 Å². The van der Waals surface area contributed by atoms with Gasteiger partial charge in [0.05, 0.1) is 12.1 Å². The van der Waals surface area contributed by atoms with E-state index < -0.39 is 0 Å². The number of piperazine rings is 1. The van der Waals surface area contributed by atoms with Gasteiger partial charge in [-0.1, -0.05) is 11.6 Å². The van der Waals surface area contributed by atoms with Gasteiger partial charge in [-0.2, -0.15) is 0 Å². The smallest absolute Gasteiger partial charge is 0.257 e. The molecule has 0 spiro atoms. The number of aromatic nitrogens is 1. The van der Waals surface area contributed by atoms with Crippen LogP contribution in [0.2, 0.25) is 5.15 Å². The van der Waals surface area contributed by atoms with Crippen molar-refractivity contribution >= 4 is 23.4 Å². The second kappa shape index (κ2) is 5.99. The van der Waals surface area contributed by atoms with Crippen LogP contribution in [-0.2, 0) is 4.79 Å². The Bertz CT molecular complexity index is 486. The van der Waals surface area contributed by atoms with Crippen molar-refractivity contribution in [2.45, 2.75) is 0 Å². The van der Waals surface area contributed by atoms with Gasteiger partial charge in [0.1, 0.15) is 5.15 Å². The lowest BCUT2D eigenvalue weighted by molar-refractivity contribution is -0.131. The van der Waals surface area contributed by atoms with Gasteiger partial charge in [-0.3, -0.25) is 9.59 Å². The number of nitrogens with two attached hydrogens (primary N) is 1. The molecule has 0 atom stereocenters. The molecule has 2 N–H and O–H groups in total. The second-order valence-electron chi connectivity index (χ2n) is 4.22. The highest BCUT2D eigenvalue weighted by atomic mass is 35.5. The molecule has 2 amide bonds. The summed E-state index contributed by atoms with van der Waals surface area (Å²) in [6, 6.07) is 3.32. The standard InChI is InChI=1S/C12H15ClN4O2/c13-11-9(2-1-3-15-11)12(19)17-6-4-16(5-7-17)10(18)8-14/h1-3H,4-8,14H2. The Balaban J connectivity index is 2.00. The number of carbonyl (C=O) groups excluding carboxylic acids is 2. The van der Waals surface area contributed by atoms with Crippen LogP contribution < -0.4 is 5.73 Å². The van der Waals surface area contributed by atoms with Crippen molar-refractivity contribution in [3.63, 3.8) is 0 Å². The number of rotatable bonds is 2. The van der Waals surface area contributed by atoms with Gasteiger partial charge in [0, 0.05) is 32.4 Å². The zero-order valence-corrected chi connectivity index (χ0v) is 11.1. The van der Waals surface area contributed by atoms with Gasteiger partial charge in [-0.05, 0) is 12.1 Å². The van der Waals surface area contributed by atoms with Gasteiger partial charge in [-0.15, -0.1) is 0 Å². The summed E-state index contributed by atoms with van der Waals surface area (Å²) < 4.78 is 0. The van der Waals surface area contributed by atoms with Crippen LogP contribution in [0.1, 0.15) is 10.4 Å². The zero-order chi connectivity index (χ0) is 13.8. The normalized spacial score (nSPS) is 15.5. The molecule has 1 fully saturated rings. The van der Waals surface area contributed by atoms with Gasteiger partial charge < -0.3 is 15.5 Å². The Hall–Kier alpha value is -1.66. The SMILES string of the molecule is NCC(=O)N1CCN(C(=O)c2cccnc2Cl)CC1. The summed E-state index contributed by atoms with van der Waals surface area (Å²) in [5.41, 5.74) is 5.70. The largest absolute Gasteiger partial charge is 0.338 e. The lowest BCUT2D eigenvalue weighted by Crippen LogP contribution is -2.52. The third kappa shape index (κ3) is 3.02. The number of nitrogens with zero attached hydrogens (tertiary/aromatic N) is 3. The molecule has 0 aliphatic carbocycles. The van der Waals surface area contributed by atoms with E-state index >= 15 is 0 Å². The van der Waals surface area contributed by atoms with Crippen LogP contribution in [0.5, 0.6) is 0 Å². The lowest BCUT2D eigenvalue weighted by atomic mass is 10.2. The van der Waals surface area contributed by atoms with Gasteiger partial charge in [-0.25, -0.2) is 4.98 Å². The molecule has 0 unspecified atom stereocenters. The fraction of sp³-hybridized carbons (Fsp3) is 0.417. The van der Waals surface area contributed by atoms with Crippen molar-refractivity contribution in [1.82, 2.24) is 14.8 Å². The van der Waals surface area contributed by atoms with E-state index in [0.29, 0.717) is 31.7 Å². The maximum atomic E-state index is 12.2. The number of hydrogen-bond acceptors (Lipinski definition) is 4. The summed E-state index contributed by atoms with van der Waals surface area (Å²) >= 11 is 5.90. The molecular formula is C12H15ClN4O2. The second-order valence-corrected chi connectivity index (χ2v) is 4.58. The van der Waals surface area contributed by atoms with E-state index in [1.807, 2.05) is 0 Å². The third-order valence-corrected chi connectivity index (χ3v) is 3.38. The summed E-state index contributed by atoms with van der Waals surface area (Å²) in [6.07, 6.45) is 1.54. The molecule has 1 aliphatic rings. The molecule has 1 saturated heterocycles. The maximum absolute atomic E-state index is 12.2. The zero-order valence-electron chi connectivity index (χ0n) is 10.4. The van der Waals surface area contributed by atoms with Crippen LogP contribution in [-0.4, -0.2) is 59.3 Å². The first-order chi connectivity index (χ1) is 9.13. The highest BCUT2D eigenvalue weighted by molar-refractivity contribution is 6.32. The maximum Gasteiger partial charge on any atom is 0.257 e. The molecule has 2 rings (SSSR count). The summed E-state index contributed by atoms with van der Waals surface area (Å²) in [4.78, 5) is 30.9. The van der Waals surface area contributed by atoms with Crippen LogP contribution >= 0.6 is 11.6 Å². The quantitative estimate of drug-likeness (QED) is 0.773. The van der Waals surface area contributed by atoms with Crippen molar-refractivity contribution in [3.8, 4) is 0 Å². The van der Waals surface area contributed by atoms with Crippen LogP contribution in [0.4, 0.5) is 0 Å². The predicted octanol–water partition coefficient (Wildman–Crippen LogP) is -0.0219. The monoisotopic (exact) mass is 282 g/mol. The Kier molecular flexibility index (Phi) is 4.34. The minimum Gasteiger partial charge on any atom is -0.338 e. The molecule has 7 heteroatoms. The Labute approximate surface area is 116 Å². The van der Waals surface area contributed by atoms with E-state index in [2.05, 4.69) is 4.98 Å². The molecule has 102 valence electrons. The minimum atomic E-state index is -0.155. The molecular weight excluding hydrogens is 268 g/mol. The molecule has 0 aromatic carbocycles. The molecule has 2 heterocycles. The number of pyridine rings is 1. The summed E-state index contributed by atoms with van der Waals surface area (Å²) in [7, 11) is 0. The fourth-order valence-corrected chi connectivity index (χ4v) is 2.20. The molecule has 19 heavy (non-hydrogen) atoms.